The molecule has 146 valence electrons. The Labute approximate surface area is 150 Å². The van der Waals surface area contributed by atoms with Crippen LogP contribution >= 0.6 is 0 Å². The zero-order chi connectivity index (χ0) is 19.7. The van der Waals surface area contributed by atoms with Gasteiger partial charge in [0.2, 0.25) is 0 Å². The Morgan fingerprint density at radius 1 is 1.15 bits per heavy atom. The van der Waals surface area contributed by atoms with E-state index in [9.17, 15) is 22.8 Å². The molecule has 2 amide bonds. The smallest absolute Gasteiger partial charge is 0.379 e. The first-order chi connectivity index (χ1) is 12.1. The first-order valence-electron chi connectivity index (χ1n) is 8.14. The number of hydrogen-bond donors (Lipinski definition) is 3. The zero-order valence-electron chi connectivity index (χ0n) is 15.1. The number of quaternary nitrogens is 1. The van der Waals surface area contributed by atoms with Gasteiger partial charge in [0.05, 0.1) is 6.61 Å². The highest BCUT2D eigenvalue weighted by atomic mass is 19.4. The molecule has 1 rings (SSSR count). The molecular weight excluding hydrogens is 351 g/mol. The molecule has 0 saturated heterocycles. The lowest BCUT2D eigenvalue weighted by Crippen LogP contribution is -3.14. The fraction of sp³-hybridized carbons (Fsp3) is 0.529. The predicted molar refractivity (Wildman–Crippen MR) is 91.1 cm³/mol. The summed E-state index contributed by atoms with van der Waals surface area (Å²) >= 11 is 0. The lowest BCUT2D eigenvalue weighted by atomic mass is 10.1. The molecule has 0 spiro atoms. The molecule has 1 atom stereocenters. The number of benzene rings is 1. The second kappa shape index (κ2) is 10.1. The van der Waals surface area contributed by atoms with E-state index in [1.165, 1.54) is 7.11 Å². The minimum absolute atomic E-state index is 0.0593. The van der Waals surface area contributed by atoms with Crippen molar-refractivity contribution in [2.45, 2.75) is 20.0 Å². The second-order valence-electron chi connectivity index (χ2n) is 6.03. The van der Waals surface area contributed by atoms with Crippen molar-refractivity contribution in [3.05, 3.63) is 29.3 Å². The van der Waals surface area contributed by atoms with E-state index >= 15 is 0 Å². The Morgan fingerprint density at radius 3 is 2.42 bits per heavy atom. The van der Waals surface area contributed by atoms with E-state index in [2.05, 4.69) is 5.32 Å². The number of amides is 2. The minimum Gasteiger partial charge on any atom is -0.379 e. The summed E-state index contributed by atoms with van der Waals surface area (Å²) < 4.78 is 41.5. The highest BCUT2D eigenvalue weighted by Gasteiger charge is 2.28. The van der Waals surface area contributed by atoms with Crippen molar-refractivity contribution in [1.29, 1.82) is 0 Å². The molecular formula is C17H25F3N3O3+. The molecule has 1 unspecified atom stereocenters. The molecule has 0 aliphatic carbocycles. The fourth-order valence-corrected chi connectivity index (χ4v) is 2.28. The van der Waals surface area contributed by atoms with Crippen molar-refractivity contribution in [2.24, 2.45) is 0 Å². The number of aryl methyl sites for hydroxylation is 1. The van der Waals surface area contributed by atoms with Crippen LogP contribution in [0.15, 0.2) is 18.2 Å². The molecule has 0 aliphatic rings. The van der Waals surface area contributed by atoms with Crippen molar-refractivity contribution in [3.8, 4) is 0 Å². The van der Waals surface area contributed by atoms with Crippen molar-refractivity contribution in [3.63, 3.8) is 0 Å². The number of nitrogens with one attached hydrogen (secondary N) is 3. The number of ether oxygens (including phenoxy) is 1. The largest absolute Gasteiger partial charge is 0.405 e. The van der Waals surface area contributed by atoms with Crippen LogP contribution in [0, 0.1) is 13.8 Å². The van der Waals surface area contributed by atoms with E-state index in [1.54, 1.807) is 6.07 Å². The third-order valence-corrected chi connectivity index (χ3v) is 3.85. The first kappa shape index (κ1) is 21.9. The van der Waals surface area contributed by atoms with Crippen LogP contribution in [0.3, 0.4) is 0 Å². The van der Waals surface area contributed by atoms with Crippen LogP contribution in [-0.4, -0.2) is 57.9 Å². The summed E-state index contributed by atoms with van der Waals surface area (Å²) in [4.78, 5) is 24.5. The average Bonchev–Trinajstić information content (AvgIpc) is 2.54. The molecule has 9 heteroatoms. The molecule has 3 N–H and O–H groups in total. The van der Waals surface area contributed by atoms with Gasteiger partial charge in [0, 0.05) is 12.8 Å². The molecule has 0 heterocycles. The Morgan fingerprint density at radius 2 is 1.81 bits per heavy atom. The van der Waals surface area contributed by atoms with Gasteiger partial charge in [-0.05, 0) is 31.0 Å². The maximum atomic E-state index is 12.3. The summed E-state index contributed by atoms with van der Waals surface area (Å²) in [6.07, 6.45) is -4.47. The van der Waals surface area contributed by atoms with Crippen molar-refractivity contribution < 1.29 is 32.4 Å². The van der Waals surface area contributed by atoms with E-state index in [1.807, 2.05) is 31.3 Å². The monoisotopic (exact) mass is 376 g/mol. The standard InChI is InChI=1S/C17H24F3N3O3/c1-12-5-4-6-14(13(12)2)22-16(25)10-23(7-8-26-3)9-15(24)21-11-17(18,19)20/h4-6H,7-11H2,1-3H3,(H,21,24)(H,22,25)/p+1. The Bertz CT molecular complexity index is 621. The van der Waals surface area contributed by atoms with Gasteiger partial charge in [-0.1, -0.05) is 12.1 Å². The molecule has 6 nitrogen and oxygen atoms in total. The van der Waals surface area contributed by atoms with Gasteiger partial charge in [-0.25, -0.2) is 0 Å². The fourth-order valence-electron chi connectivity index (χ4n) is 2.28. The van der Waals surface area contributed by atoms with E-state index < -0.39 is 18.6 Å². The van der Waals surface area contributed by atoms with Gasteiger partial charge in [0.15, 0.2) is 13.1 Å². The van der Waals surface area contributed by atoms with Crippen LogP contribution in [0.1, 0.15) is 11.1 Å². The second-order valence-corrected chi connectivity index (χ2v) is 6.03. The summed E-state index contributed by atoms with van der Waals surface area (Å²) in [5, 5.41) is 4.59. The number of carbonyl (C=O) groups excluding carboxylic acids is 2. The molecule has 0 aliphatic heterocycles. The molecule has 0 fully saturated rings. The number of alkyl halides is 3. The Hall–Kier alpha value is -2.13. The molecule has 26 heavy (non-hydrogen) atoms. The van der Waals surface area contributed by atoms with Gasteiger partial charge >= 0.3 is 6.18 Å². The number of hydrogen-bond acceptors (Lipinski definition) is 3. The topological polar surface area (TPSA) is 71.9 Å². The van der Waals surface area contributed by atoms with E-state index in [0.717, 1.165) is 11.1 Å². The van der Waals surface area contributed by atoms with Gasteiger partial charge < -0.3 is 20.3 Å². The summed E-state index contributed by atoms with van der Waals surface area (Å²) in [7, 11) is 1.47. The number of carbonyl (C=O) groups is 2. The lowest BCUT2D eigenvalue weighted by molar-refractivity contribution is -0.884. The van der Waals surface area contributed by atoms with Crippen LogP contribution in [0.25, 0.3) is 0 Å². The minimum atomic E-state index is -4.47. The third kappa shape index (κ3) is 8.30. The van der Waals surface area contributed by atoms with E-state index in [4.69, 9.17) is 4.74 Å². The van der Waals surface area contributed by atoms with Crippen LogP contribution in [0.5, 0.6) is 0 Å². The molecule has 0 bridgehead atoms. The van der Waals surface area contributed by atoms with Gasteiger partial charge in [0.1, 0.15) is 13.1 Å². The maximum absolute atomic E-state index is 12.3. The SMILES string of the molecule is COCC[NH+](CC(=O)NCC(F)(F)F)CC(=O)Nc1cccc(C)c1C. The molecule has 1 aromatic carbocycles. The lowest BCUT2D eigenvalue weighted by Gasteiger charge is -2.19. The van der Waals surface area contributed by atoms with Gasteiger partial charge in [-0.2, -0.15) is 13.2 Å². The highest BCUT2D eigenvalue weighted by Crippen LogP contribution is 2.17. The summed E-state index contributed by atoms with van der Waals surface area (Å²) in [5.74, 6) is -1.10. The third-order valence-electron chi connectivity index (χ3n) is 3.85. The highest BCUT2D eigenvalue weighted by molar-refractivity contribution is 5.92. The molecule has 1 aromatic rings. The summed E-state index contributed by atoms with van der Waals surface area (Å²) in [5.41, 5.74) is 2.63. The van der Waals surface area contributed by atoms with Gasteiger partial charge in [0.25, 0.3) is 11.8 Å². The van der Waals surface area contributed by atoms with Crippen LogP contribution in [0.2, 0.25) is 0 Å². The maximum Gasteiger partial charge on any atom is 0.405 e. The average molecular weight is 376 g/mol. The summed E-state index contributed by atoms with van der Waals surface area (Å²) in [6.45, 7) is 2.69. The van der Waals surface area contributed by atoms with Crippen molar-refractivity contribution in [2.75, 3.05) is 45.2 Å². The van der Waals surface area contributed by atoms with Crippen molar-refractivity contribution in [1.82, 2.24) is 5.32 Å². The zero-order valence-corrected chi connectivity index (χ0v) is 15.1. The Balaban J connectivity index is 2.63. The molecule has 0 saturated carbocycles. The quantitative estimate of drug-likeness (QED) is 0.586. The van der Waals surface area contributed by atoms with Crippen LogP contribution < -0.4 is 15.5 Å². The van der Waals surface area contributed by atoms with Crippen LogP contribution in [-0.2, 0) is 14.3 Å². The van der Waals surface area contributed by atoms with Crippen LogP contribution in [0.4, 0.5) is 18.9 Å². The number of halogens is 3. The molecule has 0 aromatic heterocycles. The number of rotatable bonds is 9. The predicted octanol–water partition coefficient (Wildman–Crippen LogP) is 0.452. The Kier molecular flexibility index (Phi) is 8.53. The number of methoxy groups -OCH3 is 1. The van der Waals surface area contributed by atoms with Crippen molar-refractivity contribution >= 4 is 17.5 Å². The van der Waals surface area contributed by atoms with Gasteiger partial charge in [-0.15, -0.1) is 0 Å². The normalized spacial score (nSPS) is 12.5. The van der Waals surface area contributed by atoms with Gasteiger partial charge in [-0.3, -0.25) is 9.59 Å². The number of anilines is 1. The first-order valence-corrected chi connectivity index (χ1v) is 8.14. The van der Waals surface area contributed by atoms with E-state index in [-0.39, 0.29) is 25.6 Å². The van der Waals surface area contributed by atoms with E-state index in [0.29, 0.717) is 17.1 Å². The molecule has 0 radical (unpaired) electrons. The summed E-state index contributed by atoms with van der Waals surface area (Å²) in [6, 6.07) is 5.51.